The second kappa shape index (κ2) is 6.45. The molecule has 2 rings (SSSR count). The number of rotatable bonds is 5. The summed E-state index contributed by atoms with van der Waals surface area (Å²) in [5.74, 6) is -0.578. The van der Waals surface area contributed by atoms with Crippen molar-refractivity contribution < 1.29 is 17.9 Å². The van der Waals surface area contributed by atoms with Crippen LogP contribution in [0.15, 0.2) is 41.4 Å². The molecule has 0 aliphatic rings. The third-order valence-electron chi connectivity index (χ3n) is 3.74. The van der Waals surface area contributed by atoms with Crippen molar-refractivity contribution in [2.24, 2.45) is 7.05 Å². The van der Waals surface area contributed by atoms with Gasteiger partial charge in [0.25, 0.3) is 10.0 Å². The topological polar surface area (TPSA) is 68.6 Å². The number of hydrogen-bond acceptors (Lipinski definition) is 4. The van der Waals surface area contributed by atoms with E-state index in [1.165, 1.54) is 35.3 Å². The summed E-state index contributed by atoms with van der Waals surface area (Å²) < 4.78 is 33.0. The van der Waals surface area contributed by atoms with Crippen LogP contribution in [0.5, 0.6) is 0 Å². The number of esters is 1. The SMILES string of the molecule is CCc1ccccc1N(C)S(=O)(=O)c1cc(C(=O)OC)n(C)c1. The summed E-state index contributed by atoms with van der Waals surface area (Å²) in [5.41, 5.74) is 1.74. The van der Waals surface area contributed by atoms with Crippen molar-refractivity contribution in [3.05, 3.63) is 47.8 Å². The molecule has 7 heteroatoms. The van der Waals surface area contributed by atoms with Gasteiger partial charge in [0.05, 0.1) is 12.8 Å². The lowest BCUT2D eigenvalue weighted by molar-refractivity contribution is 0.0590. The van der Waals surface area contributed by atoms with Crippen molar-refractivity contribution in [2.45, 2.75) is 18.2 Å². The zero-order chi connectivity index (χ0) is 17.2. The molecule has 0 fully saturated rings. The Hall–Kier alpha value is -2.28. The van der Waals surface area contributed by atoms with Gasteiger partial charge in [0, 0.05) is 20.3 Å². The third-order valence-corrected chi connectivity index (χ3v) is 5.48. The van der Waals surface area contributed by atoms with Crippen LogP contribution in [0.4, 0.5) is 5.69 Å². The lowest BCUT2D eigenvalue weighted by Gasteiger charge is -2.21. The molecular formula is C16H20N2O4S. The van der Waals surface area contributed by atoms with Crippen LogP contribution in [0.1, 0.15) is 23.0 Å². The molecule has 0 aliphatic carbocycles. The van der Waals surface area contributed by atoms with Crippen molar-refractivity contribution in [2.75, 3.05) is 18.5 Å². The van der Waals surface area contributed by atoms with Crippen LogP contribution < -0.4 is 4.31 Å². The zero-order valence-electron chi connectivity index (χ0n) is 13.6. The van der Waals surface area contributed by atoms with Gasteiger partial charge >= 0.3 is 5.97 Å². The number of aromatic nitrogens is 1. The minimum Gasteiger partial charge on any atom is -0.464 e. The number of ether oxygens (including phenoxy) is 1. The fraction of sp³-hybridized carbons (Fsp3) is 0.312. The molecule has 124 valence electrons. The van der Waals surface area contributed by atoms with Gasteiger partial charge in [-0.1, -0.05) is 25.1 Å². The summed E-state index contributed by atoms with van der Waals surface area (Å²) >= 11 is 0. The number of benzene rings is 1. The van der Waals surface area contributed by atoms with Gasteiger partial charge in [-0.15, -0.1) is 0 Å². The lowest BCUT2D eigenvalue weighted by atomic mass is 10.1. The Morgan fingerprint density at radius 2 is 1.96 bits per heavy atom. The van der Waals surface area contributed by atoms with E-state index in [0.717, 1.165) is 12.0 Å². The molecule has 0 spiro atoms. The van der Waals surface area contributed by atoms with Crippen molar-refractivity contribution >= 4 is 21.7 Å². The van der Waals surface area contributed by atoms with Gasteiger partial charge in [0.1, 0.15) is 10.6 Å². The van der Waals surface area contributed by atoms with E-state index in [9.17, 15) is 13.2 Å². The first-order valence-corrected chi connectivity index (χ1v) is 8.58. The number of carbonyl (C=O) groups is 1. The van der Waals surface area contributed by atoms with E-state index < -0.39 is 16.0 Å². The highest BCUT2D eigenvalue weighted by Gasteiger charge is 2.26. The monoisotopic (exact) mass is 336 g/mol. The molecule has 0 atom stereocenters. The molecule has 0 amide bonds. The molecule has 1 heterocycles. The number of para-hydroxylation sites is 1. The maximum absolute atomic E-state index is 12.8. The predicted octanol–water partition coefficient (Wildman–Crippen LogP) is 2.20. The number of methoxy groups -OCH3 is 1. The van der Waals surface area contributed by atoms with Gasteiger partial charge < -0.3 is 9.30 Å². The molecule has 0 unspecified atom stereocenters. The molecule has 0 N–H and O–H groups in total. The number of sulfonamides is 1. The first-order valence-electron chi connectivity index (χ1n) is 7.14. The number of carbonyl (C=O) groups excluding carboxylic acids is 1. The number of anilines is 1. The standard InChI is InChI=1S/C16H20N2O4S/c1-5-12-8-6-7-9-14(12)18(3)23(20,21)13-10-15(16(19)22-4)17(2)11-13/h6-11H,5H2,1-4H3. The fourth-order valence-electron chi connectivity index (χ4n) is 2.39. The van der Waals surface area contributed by atoms with E-state index in [1.807, 2.05) is 19.1 Å². The summed E-state index contributed by atoms with van der Waals surface area (Å²) in [6.45, 7) is 1.97. The average molecular weight is 336 g/mol. The van der Waals surface area contributed by atoms with Crippen molar-refractivity contribution in [3.63, 3.8) is 0 Å². The molecule has 6 nitrogen and oxygen atoms in total. The van der Waals surface area contributed by atoms with E-state index in [1.54, 1.807) is 19.2 Å². The third kappa shape index (κ3) is 3.10. The van der Waals surface area contributed by atoms with Gasteiger partial charge in [-0.3, -0.25) is 4.31 Å². The number of aryl methyl sites for hydroxylation is 2. The highest BCUT2D eigenvalue weighted by molar-refractivity contribution is 7.92. The van der Waals surface area contributed by atoms with Crippen LogP contribution in [0, 0.1) is 0 Å². The minimum absolute atomic E-state index is 0.0498. The molecule has 1 aromatic heterocycles. The zero-order valence-corrected chi connectivity index (χ0v) is 14.4. The van der Waals surface area contributed by atoms with Crippen LogP contribution in [0.2, 0.25) is 0 Å². The second-order valence-electron chi connectivity index (χ2n) is 5.12. The summed E-state index contributed by atoms with van der Waals surface area (Å²) in [7, 11) is 0.605. The van der Waals surface area contributed by atoms with Gasteiger partial charge in [-0.25, -0.2) is 13.2 Å². The summed E-state index contributed by atoms with van der Waals surface area (Å²) in [4.78, 5) is 11.7. The van der Waals surface area contributed by atoms with Crippen LogP contribution in [-0.4, -0.2) is 33.1 Å². The Morgan fingerprint density at radius 3 is 2.57 bits per heavy atom. The number of nitrogens with zero attached hydrogens (tertiary/aromatic N) is 2. The minimum atomic E-state index is -3.76. The quantitative estimate of drug-likeness (QED) is 0.785. The van der Waals surface area contributed by atoms with E-state index in [-0.39, 0.29) is 10.6 Å². The lowest BCUT2D eigenvalue weighted by Crippen LogP contribution is -2.27. The normalized spacial score (nSPS) is 11.3. The van der Waals surface area contributed by atoms with Gasteiger partial charge in [-0.2, -0.15) is 0 Å². The van der Waals surface area contributed by atoms with E-state index in [4.69, 9.17) is 0 Å². The highest BCUT2D eigenvalue weighted by Crippen LogP contribution is 2.26. The maximum atomic E-state index is 12.8. The second-order valence-corrected chi connectivity index (χ2v) is 7.09. The smallest absolute Gasteiger partial charge is 0.354 e. The van der Waals surface area contributed by atoms with E-state index >= 15 is 0 Å². The van der Waals surface area contributed by atoms with Crippen molar-refractivity contribution in [1.29, 1.82) is 0 Å². The van der Waals surface area contributed by atoms with E-state index in [2.05, 4.69) is 4.74 Å². The maximum Gasteiger partial charge on any atom is 0.354 e. The molecule has 0 radical (unpaired) electrons. The first-order chi connectivity index (χ1) is 10.8. The summed E-state index contributed by atoms with van der Waals surface area (Å²) in [6, 6.07) is 8.66. The molecule has 0 saturated heterocycles. The largest absolute Gasteiger partial charge is 0.464 e. The molecular weight excluding hydrogens is 316 g/mol. The van der Waals surface area contributed by atoms with Gasteiger partial charge in [0.2, 0.25) is 0 Å². The first kappa shape index (κ1) is 17.1. The Labute approximate surface area is 136 Å². The molecule has 1 aromatic carbocycles. The highest BCUT2D eigenvalue weighted by atomic mass is 32.2. The molecule has 0 aliphatic heterocycles. The molecule has 0 bridgehead atoms. The molecule has 0 saturated carbocycles. The predicted molar refractivity (Wildman–Crippen MR) is 88.2 cm³/mol. The Bertz CT molecular complexity index is 824. The summed E-state index contributed by atoms with van der Waals surface area (Å²) in [5, 5.41) is 0. The summed E-state index contributed by atoms with van der Waals surface area (Å²) in [6.07, 6.45) is 2.13. The van der Waals surface area contributed by atoms with Gasteiger partial charge in [0.15, 0.2) is 0 Å². The molecule has 23 heavy (non-hydrogen) atoms. The van der Waals surface area contributed by atoms with Crippen molar-refractivity contribution in [3.8, 4) is 0 Å². The fourth-order valence-corrected chi connectivity index (χ4v) is 3.69. The Balaban J connectivity index is 2.48. The van der Waals surface area contributed by atoms with Gasteiger partial charge in [-0.05, 0) is 24.1 Å². The van der Waals surface area contributed by atoms with Crippen LogP contribution in [0.25, 0.3) is 0 Å². The van der Waals surface area contributed by atoms with Crippen LogP contribution >= 0.6 is 0 Å². The Morgan fingerprint density at radius 1 is 1.30 bits per heavy atom. The average Bonchev–Trinajstić information content (AvgIpc) is 2.95. The van der Waals surface area contributed by atoms with Crippen LogP contribution in [0.3, 0.4) is 0 Å². The Kier molecular flexibility index (Phi) is 4.79. The number of hydrogen-bond donors (Lipinski definition) is 0. The van der Waals surface area contributed by atoms with Crippen molar-refractivity contribution in [1.82, 2.24) is 4.57 Å². The molecule has 2 aromatic rings. The van der Waals surface area contributed by atoms with Crippen LogP contribution in [-0.2, 0) is 28.2 Å². The van der Waals surface area contributed by atoms with E-state index in [0.29, 0.717) is 5.69 Å².